The van der Waals surface area contributed by atoms with Crippen LogP contribution in [0.3, 0.4) is 0 Å². The van der Waals surface area contributed by atoms with E-state index in [1.165, 1.54) is 0 Å². The summed E-state index contributed by atoms with van der Waals surface area (Å²) in [7, 11) is 0. The van der Waals surface area contributed by atoms with Crippen molar-refractivity contribution in [3.05, 3.63) is 44.8 Å². The normalized spacial score (nSPS) is 14.6. The van der Waals surface area contributed by atoms with E-state index in [0.29, 0.717) is 5.78 Å². The number of carbonyl (C=O) groups is 1. The largest absolute Gasteiger partial charge is 0.298 e. The quantitative estimate of drug-likeness (QED) is 0.791. The molecule has 1 nitrogen and oxygen atoms in total. The predicted molar refractivity (Wildman–Crippen MR) is 70.5 cm³/mol. The molecule has 0 bridgehead atoms. The standard InChI is InChI=1S/C13H14OS2/c1-9(11-3-5-15-7-11)13(14)10(2)12-4-6-16-8-12/h3-10H,1-2H3. The van der Waals surface area contributed by atoms with E-state index >= 15 is 0 Å². The second-order valence-corrected chi connectivity index (χ2v) is 5.52. The van der Waals surface area contributed by atoms with Gasteiger partial charge in [0.25, 0.3) is 0 Å². The van der Waals surface area contributed by atoms with E-state index in [-0.39, 0.29) is 11.8 Å². The Morgan fingerprint density at radius 3 is 1.75 bits per heavy atom. The van der Waals surface area contributed by atoms with Gasteiger partial charge in [0.1, 0.15) is 5.78 Å². The molecule has 0 aliphatic carbocycles. The summed E-state index contributed by atoms with van der Waals surface area (Å²) in [6.45, 7) is 3.99. The Hall–Kier alpha value is -0.930. The third kappa shape index (κ3) is 2.25. The third-order valence-electron chi connectivity index (χ3n) is 2.94. The van der Waals surface area contributed by atoms with Crippen LogP contribution in [0.2, 0.25) is 0 Å². The molecule has 2 unspecified atom stereocenters. The van der Waals surface area contributed by atoms with E-state index in [1.807, 2.05) is 36.7 Å². The summed E-state index contributed by atoms with van der Waals surface area (Å²) >= 11 is 3.29. The highest BCUT2D eigenvalue weighted by Gasteiger charge is 2.23. The molecule has 0 saturated heterocycles. The van der Waals surface area contributed by atoms with E-state index in [0.717, 1.165) is 11.1 Å². The Labute approximate surface area is 104 Å². The second-order valence-electron chi connectivity index (χ2n) is 3.96. The molecule has 0 N–H and O–H groups in total. The van der Waals surface area contributed by atoms with Gasteiger partial charge in [-0.1, -0.05) is 13.8 Å². The molecule has 2 aromatic rings. The van der Waals surface area contributed by atoms with Gasteiger partial charge in [0.2, 0.25) is 0 Å². The molecule has 0 aliphatic heterocycles. The number of ketones is 1. The first-order valence-electron chi connectivity index (χ1n) is 5.28. The molecular formula is C13H14OS2. The van der Waals surface area contributed by atoms with Crippen molar-refractivity contribution in [1.29, 1.82) is 0 Å². The number of hydrogen-bond donors (Lipinski definition) is 0. The highest BCUT2D eigenvalue weighted by molar-refractivity contribution is 7.08. The average Bonchev–Trinajstić information content (AvgIpc) is 2.97. The van der Waals surface area contributed by atoms with Crippen LogP contribution in [-0.2, 0) is 4.79 Å². The van der Waals surface area contributed by atoms with Gasteiger partial charge in [0.15, 0.2) is 0 Å². The second kappa shape index (κ2) is 4.93. The molecule has 3 heteroatoms. The molecule has 2 heterocycles. The fraction of sp³-hybridized carbons (Fsp3) is 0.308. The van der Waals surface area contributed by atoms with Gasteiger partial charge < -0.3 is 0 Å². The van der Waals surface area contributed by atoms with Crippen LogP contribution >= 0.6 is 22.7 Å². The van der Waals surface area contributed by atoms with Crippen molar-refractivity contribution in [2.45, 2.75) is 25.7 Å². The minimum absolute atomic E-state index is 0.00106. The summed E-state index contributed by atoms with van der Waals surface area (Å²) in [5, 5.41) is 8.16. The van der Waals surface area contributed by atoms with Crippen molar-refractivity contribution in [2.75, 3.05) is 0 Å². The fourth-order valence-corrected chi connectivity index (χ4v) is 3.25. The summed E-state index contributed by atoms with van der Waals surface area (Å²) in [4.78, 5) is 12.2. The van der Waals surface area contributed by atoms with Crippen molar-refractivity contribution >= 4 is 28.5 Å². The lowest BCUT2D eigenvalue weighted by atomic mass is 9.88. The van der Waals surface area contributed by atoms with Gasteiger partial charge in [-0.05, 0) is 44.8 Å². The lowest BCUT2D eigenvalue weighted by molar-refractivity contribution is -0.121. The van der Waals surface area contributed by atoms with Gasteiger partial charge in [-0.3, -0.25) is 4.79 Å². The van der Waals surface area contributed by atoms with Crippen LogP contribution in [0.1, 0.15) is 36.8 Å². The highest BCUT2D eigenvalue weighted by atomic mass is 32.1. The number of rotatable bonds is 4. The Morgan fingerprint density at radius 1 is 1.00 bits per heavy atom. The Morgan fingerprint density at radius 2 is 1.44 bits per heavy atom. The zero-order chi connectivity index (χ0) is 11.5. The first-order chi connectivity index (χ1) is 7.70. The van der Waals surface area contributed by atoms with Crippen LogP contribution in [0.5, 0.6) is 0 Å². The molecule has 0 aromatic carbocycles. The number of carbonyl (C=O) groups excluding carboxylic acids is 1. The van der Waals surface area contributed by atoms with Crippen LogP contribution in [0.15, 0.2) is 33.7 Å². The summed E-state index contributed by atoms with van der Waals surface area (Å²) < 4.78 is 0. The van der Waals surface area contributed by atoms with Gasteiger partial charge in [-0.2, -0.15) is 22.7 Å². The van der Waals surface area contributed by atoms with Crippen LogP contribution in [-0.4, -0.2) is 5.78 Å². The molecule has 0 spiro atoms. The molecule has 2 rings (SSSR count). The first kappa shape index (κ1) is 11.6. The Bertz CT molecular complexity index is 400. The van der Waals surface area contributed by atoms with Crippen molar-refractivity contribution in [1.82, 2.24) is 0 Å². The van der Waals surface area contributed by atoms with Gasteiger partial charge in [-0.25, -0.2) is 0 Å². The fourth-order valence-electron chi connectivity index (χ4n) is 1.75. The van der Waals surface area contributed by atoms with Crippen molar-refractivity contribution in [2.24, 2.45) is 0 Å². The summed E-state index contributed by atoms with van der Waals surface area (Å²) in [5.41, 5.74) is 2.27. The van der Waals surface area contributed by atoms with Gasteiger partial charge >= 0.3 is 0 Å². The summed E-state index contributed by atoms with van der Waals surface area (Å²) in [6.07, 6.45) is 0. The SMILES string of the molecule is CC(C(=O)C(C)c1ccsc1)c1ccsc1. The predicted octanol–water partition coefficient (Wildman–Crippen LogP) is 4.29. The minimum Gasteiger partial charge on any atom is -0.298 e. The number of thiophene rings is 2. The number of hydrogen-bond acceptors (Lipinski definition) is 3. The monoisotopic (exact) mass is 250 g/mol. The minimum atomic E-state index is 0.00106. The molecule has 2 atom stereocenters. The highest BCUT2D eigenvalue weighted by Crippen LogP contribution is 2.28. The van der Waals surface area contributed by atoms with Gasteiger partial charge in [-0.15, -0.1) is 0 Å². The average molecular weight is 250 g/mol. The van der Waals surface area contributed by atoms with Crippen molar-refractivity contribution in [3.63, 3.8) is 0 Å². The van der Waals surface area contributed by atoms with Crippen molar-refractivity contribution in [3.8, 4) is 0 Å². The zero-order valence-corrected chi connectivity index (χ0v) is 11.0. The molecule has 0 fully saturated rings. The maximum absolute atomic E-state index is 12.2. The topological polar surface area (TPSA) is 17.1 Å². The van der Waals surface area contributed by atoms with E-state index in [1.54, 1.807) is 22.7 Å². The zero-order valence-electron chi connectivity index (χ0n) is 9.34. The first-order valence-corrected chi connectivity index (χ1v) is 7.16. The third-order valence-corrected chi connectivity index (χ3v) is 4.34. The number of Topliss-reactive ketones (excluding diaryl/α,β-unsaturated/α-hetero) is 1. The van der Waals surface area contributed by atoms with E-state index in [9.17, 15) is 4.79 Å². The lowest BCUT2D eigenvalue weighted by Crippen LogP contribution is -2.15. The Kier molecular flexibility index (Phi) is 3.56. The van der Waals surface area contributed by atoms with Gasteiger partial charge in [0, 0.05) is 11.8 Å². The molecule has 16 heavy (non-hydrogen) atoms. The molecule has 84 valence electrons. The maximum atomic E-state index is 12.2. The van der Waals surface area contributed by atoms with E-state index in [2.05, 4.69) is 10.8 Å². The maximum Gasteiger partial charge on any atom is 0.147 e. The summed E-state index contributed by atoms with van der Waals surface area (Å²) in [5.74, 6) is 0.305. The smallest absolute Gasteiger partial charge is 0.147 e. The van der Waals surface area contributed by atoms with Gasteiger partial charge in [0.05, 0.1) is 0 Å². The Balaban J connectivity index is 2.14. The summed E-state index contributed by atoms with van der Waals surface area (Å²) in [6, 6.07) is 4.07. The van der Waals surface area contributed by atoms with Crippen LogP contribution < -0.4 is 0 Å². The molecule has 0 amide bonds. The van der Waals surface area contributed by atoms with Crippen LogP contribution in [0.4, 0.5) is 0 Å². The lowest BCUT2D eigenvalue weighted by Gasteiger charge is -2.14. The molecule has 2 aromatic heterocycles. The molecular weight excluding hydrogens is 236 g/mol. The molecule has 0 aliphatic rings. The van der Waals surface area contributed by atoms with Crippen LogP contribution in [0.25, 0.3) is 0 Å². The van der Waals surface area contributed by atoms with E-state index < -0.39 is 0 Å². The van der Waals surface area contributed by atoms with E-state index in [4.69, 9.17) is 0 Å². The van der Waals surface area contributed by atoms with Crippen molar-refractivity contribution < 1.29 is 4.79 Å². The van der Waals surface area contributed by atoms with Crippen LogP contribution in [0, 0.1) is 0 Å². The molecule has 0 saturated carbocycles. The molecule has 0 radical (unpaired) electrons.